The minimum Gasteiger partial charge on any atom is -0.423 e. The van der Waals surface area contributed by atoms with Crippen LogP contribution in [0, 0.1) is 0 Å². The Bertz CT molecular complexity index is 570. The van der Waals surface area contributed by atoms with Gasteiger partial charge in [0.05, 0.1) is 0 Å². The number of nitrogens with zero attached hydrogens (tertiary/aromatic N) is 2. The molecule has 18 heavy (non-hydrogen) atoms. The number of carbonyl (C=O) groups is 1. The van der Waals surface area contributed by atoms with Crippen LogP contribution in [-0.4, -0.2) is 16.1 Å². The van der Waals surface area contributed by atoms with E-state index in [1.807, 2.05) is 26.0 Å². The first-order valence-corrected chi connectivity index (χ1v) is 5.47. The van der Waals surface area contributed by atoms with Crippen molar-refractivity contribution in [3.63, 3.8) is 0 Å². The third-order valence-corrected chi connectivity index (χ3v) is 2.16. The van der Waals surface area contributed by atoms with E-state index in [1.165, 1.54) is 6.39 Å². The van der Waals surface area contributed by atoms with E-state index in [0.717, 1.165) is 11.1 Å². The number of hydrogen-bond donors (Lipinski definition) is 1. The Balaban J connectivity index is 2.18. The molecule has 0 aliphatic carbocycles. The summed E-state index contributed by atoms with van der Waals surface area (Å²) in [5, 5.41) is 10.2. The molecule has 1 amide bonds. The van der Waals surface area contributed by atoms with Crippen molar-refractivity contribution in [3.05, 3.63) is 42.3 Å². The molecule has 0 saturated carbocycles. The second-order valence-corrected chi connectivity index (χ2v) is 4.04. The van der Waals surface area contributed by atoms with Crippen molar-refractivity contribution in [3.8, 4) is 11.5 Å². The summed E-state index contributed by atoms with van der Waals surface area (Å²) in [5.74, 6) is 0.269. The van der Waals surface area contributed by atoms with Crippen LogP contribution < -0.4 is 5.32 Å². The number of carbonyl (C=O) groups excluding carboxylic acids is 1. The van der Waals surface area contributed by atoms with Gasteiger partial charge in [0, 0.05) is 17.3 Å². The van der Waals surface area contributed by atoms with Crippen LogP contribution >= 0.6 is 0 Å². The van der Waals surface area contributed by atoms with E-state index in [1.54, 1.807) is 18.2 Å². The molecule has 92 valence electrons. The zero-order valence-electron chi connectivity index (χ0n) is 10.2. The van der Waals surface area contributed by atoms with Gasteiger partial charge >= 0.3 is 0 Å². The molecule has 0 saturated heterocycles. The van der Waals surface area contributed by atoms with Crippen molar-refractivity contribution in [2.75, 3.05) is 5.32 Å². The molecule has 2 rings (SSSR count). The van der Waals surface area contributed by atoms with E-state index in [-0.39, 0.29) is 5.91 Å². The summed E-state index contributed by atoms with van der Waals surface area (Å²) in [6.45, 7) is 3.74. The average Bonchev–Trinajstić information content (AvgIpc) is 2.81. The van der Waals surface area contributed by atoms with E-state index in [4.69, 9.17) is 4.42 Å². The average molecular weight is 243 g/mol. The predicted octanol–water partition coefficient (Wildman–Crippen LogP) is 2.64. The number of hydrogen-bond acceptors (Lipinski definition) is 4. The quantitative estimate of drug-likeness (QED) is 0.841. The summed E-state index contributed by atoms with van der Waals surface area (Å²) in [7, 11) is 0. The molecule has 1 aromatic carbocycles. The van der Waals surface area contributed by atoms with Crippen LogP contribution in [-0.2, 0) is 4.79 Å². The van der Waals surface area contributed by atoms with Crippen LogP contribution in [0.15, 0.2) is 46.7 Å². The van der Waals surface area contributed by atoms with Crippen molar-refractivity contribution >= 4 is 11.6 Å². The second kappa shape index (κ2) is 5.27. The maximum atomic E-state index is 11.6. The van der Waals surface area contributed by atoms with Gasteiger partial charge in [0.1, 0.15) is 0 Å². The van der Waals surface area contributed by atoms with Gasteiger partial charge in [-0.15, -0.1) is 10.2 Å². The van der Waals surface area contributed by atoms with Gasteiger partial charge in [-0.1, -0.05) is 11.6 Å². The zero-order valence-corrected chi connectivity index (χ0v) is 10.2. The van der Waals surface area contributed by atoms with Gasteiger partial charge in [-0.2, -0.15) is 0 Å². The largest absolute Gasteiger partial charge is 0.423 e. The number of allylic oxidation sites excluding steroid dienone is 1. The highest BCUT2D eigenvalue weighted by atomic mass is 16.4. The summed E-state index contributed by atoms with van der Waals surface area (Å²) < 4.78 is 5.10. The number of benzene rings is 1. The van der Waals surface area contributed by atoms with Crippen LogP contribution in [0.4, 0.5) is 5.69 Å². The first-order chi connectivity index (χ1) is 8.65. The standard InChI is InChI=1S/C13H13N3O2/c1-9(2)6-12(17)15-11-5-3-4-10(7-11)13-16-14-8-18-13/h3-8H,1-2H3,(H,15,17). The predicted molar refractivity (Wildman–Crippen MR) is 67.8 cm³/mol. The lowest BCUT2D eigenvalue weighted by molar-refractivity contribution is -0.111. The van der Waals surface area contributed by atoms with Crippen molar-refractivity contribution in [2.45, 2.75) is 13.8 Å². The smallest absolute Gasteiger partial charge is 0.248 e. The molecule has 1 aromatic heterocycles. The molecule has 1 heterocycles. The normalized spacial score (nSPS) is 9.89. The zero-order chi connectivity index (χ0) is 13.0. The first-order valence-electron chi connectivity index (χ1n) is 5.47. The minimum absolute atomic E-state index is 0.155. The minimum atomic E-state index is -0.155. The maximum absolute atomic E-state index is 11.6. The molecule has 0 spiro atoms. The van der Waals surface area contributed by atoms with E-state index < -0.39 is 0 Å². The Morgan fingerprint density at radius 3 is 2.89 bits per heavy atom. The van der Waals surface area contributed by atoms with Gasteiger partial charge in [-0.3, -0.25) is 4.79 Å². The maximum Gasteiger partial charge on any atom is 0.248 e. The van der Waals surface area contributed by atoms with Crippen LogP contribution in [0.5, 0.6) is 0 Å². The summed E-state index contributed by atoms with van der Waals surface area (Å²) >= 11 is 0. The lowest BCUT2D eigenvalue weighted by Gasteiger charge is -2.03. The molecule has 0 atom stereocenters. The van der Waals surface area contributed by atoms with E-state index in [0.29, 0.717) is 11.6 Å². The fourth-order valence-electron chi connectivity index (χ4n) is 1.47. The lowest BCUT2D eigenvalue weighted by atomic mass is 10.2. The molecule has 1 N–H and O–H groups in total. The van der Waals surface area contributed by atoms with E-state index >= 15 is 0 Å². The van der Waals surface area contributed by atoms with Crippen LogP contribution in [0.1, 0.15) is 13.8 Å². The van der Waals surface area contributed by atoms with E-state index in [9.17, 15) is 4.79 Å². The molecule has 0 bridgehead atoms. The van der Waals surface area contributed by atoms with Crippen LogP contribution in [0.2, 0.25) is 0 Å². The number of rotatable bonds is 3. The van der Waals surface area contributed by atoms with Gasteiger partial charge in [0.15, 0.2) is 0 Å². The van der Waals surface area contributed by atoms with Crippen molar-refractivity contribution in [1.82, 2.24) is 10.2 Å². The van der Waals surface area contributed by atoms with Crippen molar-refractivity contribution < 1.29 is 9.21 Å². The fraction of sp³-hybridized carbons (Fsp3) is 0.154. The Kier molecular flexibility index (Phi) is 3.52. The number of aromatic nitrogens is 2. The SMILES string of the molecule is CC(C)=CC(=O)Nc1cccc(-c2nnco2)c1. The Morgan fingerprint density at radius 1 is 1.39 bits per heavy atom. The van der Waals surface area contributed by atoms with Gasteiger partial charge in [-0.05, 0) is 32.0 Å². The lowest BCUT2D eigenvalue weighted by Crippen LogP contribution is -2.08. The number of amides is 1. The summed E-state index contributed by atoms with van der Waals surface area (Å²) in [4.78, 5) is 11.6. The third-order valence-electron chi connectivity index (χ3n) is 2.16. The number of anilines is 1. The Morgan fingerprint density at radius 2 is 2.22 bits per heavy atom. The molecular formula is C13H13N3O2. The van der Waals surface area contributed by atoms with Gasteiger partial charge in [-0.25, -0.2) is 0 Å². The number of nitrogens with one attached hydrogen (secondary N) is 1. The first kappa shape index (κ1) is 12.0. The summed E-state index contributed by atoms with van der Waals surface area (Å²) in [6, 6.07) is 7.24. The fourth-order valence-corrected chi connectivity index (χ4v) is 1.47. The van der Waals surface area contributed by atoms with Crippen LogP contribution in [0.25, 0.3) is 11.5 Å². The molecule has 0 fully saturated rings. The summed E-state index contributed by atoms with van der Waals surface area (Å²) in [6.07, 6.45) is 2.81. The highest BCUT2D eigenvalue weighted by Crippen LogP contribution is 2.20. The van der Waals surface area contributed by atoms with Gasteiger partial charge in [0.25, 0.3) is 0 Å². The Labute approximate surface area is 105 Å². The van der Waals surface area contributed by atoms with Crippen molar-refractivity contribution in [2.24, 2.45) is 0 Å². The van der Waals surface area contributed by atoms with Gasteiger partial charge < -0.3 is 9.73 Å². The monoisotopic (exact) mass is 243 g/mol. The third kappa shape index (κ3) is 3.04. The summed E-state index contributed by atoms with van der Waals surface area (Å²) in [5.41, 5.74) is 2.40. The topological polar surface area (TPSA) is 68.0 Å². The van der Waals surface area contributed by atoms with Crippen molar-refractivity contribution in [1.29, 1.82) is 0 Å². The molecule has 5 nitrogen and oxygen atoms in total. The van der Waals surface area contributed by atoms with E-state index in [2.05, 4.69) is 15.5 Å². The Hall–Kier alpha value is -2.43. The molecule has 0 aliphatic rings. The molecule has 0 radical (unpaired) electrons. The highest BCUT2D eigenvalue weighted by Gasteiger charge is 2.05. The van der Waals surface area contributed by atoms with Crippen LogP contribution in [0.3, 0.4) is 0 Å². The molecule has 0 aliphatic heterocycles. The molecular weight excluding hydrogens is 230 g/mol. The molecule has 2 aromatic rings. The highest BCUT2D eigenvalue weighted by molar-refractivity contribution is 5.99. The molecule has 5 heteroatoms. The molecule has 0 unspecified atom stereocenters. The van der Waals surface area contributed by atoms with Gasteiger partial charge in [0.2, 0.25) is 18.2 Å². The second-order valence-electron chi connectivity index (χ2n) is 4.04.